The number of carbonyl (C=O) groups excluding carboxylic acids is 4. The quantitative estimate of drug-likeness (QED) is 0.342. The smallest absolute Gasteiger partial charge is 0.329 e. The Balaban J connectivity index is 2.19. The third kappa shape index (κ3) is 8.04. The Hall–Kier alpha value is -2.42. The number of hydrogen-bond acceptors (Lipinski definition) is 6. The zero-order valence-electron chi connectivity index (χ0n) is 25.0. The van der Waals surface area contributed by atoms with Crippen molar-refractivity contribution < 1.29 is 23.9 Å². The van der Waals surface area contributed by atoms with Crippen molar-refractivity contribution >= 4 is 23.7 Å². The molecule has 0 radical (unpaired) electrons. The topological polar surface area (TPSA) is 99.3 Å². The summed E-state index contributed by atoms with van der Waals surface area (Å²) in [4.78, 5) is 58.0. The van der Waals surface area contributed by atoms with Gasteiger partial charge >= 0.3 is 5.97 Å². The molecule has 0 aromatic heterocycles. The highest BCUT2D eigenvalue weighted by molar-refractivity contribution is 5.96. The minimum atomic E-state index is -0.665. The van der Waals surface area contributed by atoms with Crippen LogP contribution in [0.15, 0.2) is 11.6 Å². The van der Waals surface area contributed by atoms with Crippen LogP contribution in [0.25, 0.3) is 0 Å². The lowest BCUT2D eigenvalue weighted by molar-refractivity contribution is -0.155. The normalized spacial score (nSPS) is 22.5. The largest absolute Gasteiger partial charge is 0.461 e. The van der Waals surface area contributed by atoms with E-state index in [0.717, 1.165) is 32.2 Å². The third-order valence-electron chi connectivity index (χ3n) is 7.68. The van der Waals surface area contributed by atoms with Gasteiger partial charge in [0.15, 0.2) is 0 Å². The maximum atomic E-state index is 13.7. The highest BCUT2D eigenvalue weighted by atomic mass is 16.5. The number of ether oxygens (including phenoxy) is 1. The van der Waals surface area contributed by atoms with Crippen LogP contribution in [0, 0.1) is 11.8 Å². The number of likely N-dealkylation sites (N-methyl/N-ethyl adjacent to an activating group) is 2. The summed E-state index contributed by atoms with van der Waals surface area (Å²) in [7, 11) is 3.68. The molecule has 38 heavy (non-hydrogen) atoms. The van der Waals surface area contributed by atoms with Crippen molar-refractivity contribution in [2.24, 2.45) is 11.8 Å². The van der Waals surface area contributed by atoms with E-state index in [9.17, 15) is 19.2 Å². The first-order valence-electron chi connectivity index (χ1n) is 14.2. The molecule has 2 fully saturated rings. The molecule has 2 rings (SSSR count). The average molecular weight is 535 g/mol. The van der Waals surface area contributed by atoms with Crippen LogP contribution >= 0.6 is 0 Å². The summed E-state index contributed by atoms with van der Waals surface area (Å²) in [6.07, 6.45) is 5.78. The van der Waals surface area contributed by atoms with Gasteiger partial charge in [-0.3, -0.25) is 19.3 Å². The zero-order valence-corrected chi connectivity index (χ0v) is 25.0. The summed E-state index contributed by atoms with van der Waals surface area (Å²) < 4.78 is 5.37. The van der Waals surface area contributed by atoms with E-state index in [0.29, 0.717) is 18.5 Å². The Kier molecular flexibility index (Phi) is 11.8. The van der Waals surface area contributed by atoms with Crippen LogP contribution in [0.5, 0.6) is 0 Å². The van der Waals surface area contributed by atoms with Crippen molar-refractivity contribution in [2.75, 3.05) is 27.2 Å². The molecule has 0 saturated carbocycles. The van der Waals surface area contributed by atoms with Gasteiger partial charge in [-0.15, -0.1) is 0 Å². The maximum absolute atomic E-state index is 13.7. The van der Waals surface area contributed by atoms with Crippen LogP contribution in [-0.4, -0.2) is 95.8 Å². The minimum Gasteiger partial charge on any atom is -0.461 e. The molecule has 3 unspecified atom stereocenters. The molecule has 1 N–H and O–H groups in total. The van der Waals surface area contributed by atoms with Gasteiger partial charge in [0.2, 0.25) is 17.7 Å². The molecule has 2 saturated heterocycles. The Labute approximate surface area is 229 Å². The highest BCUT2D eigenvalue weighted by Gasteiger charge is 2.37. The van der Waals surface area contributed by atoms with E-state index in [1.165, 1.54) is 0 Å². The molecule has 0 spiro atoms. The van der Waals surface area contributed by atoms with Crippen molar-refractivity contribution in [1.82, 2.24) is 20.0 Å². The second-order valence-corrected chi connectivity index (χ2v) is 11.9. The second kappa shape index (κ2) is 14.1. The summed E-state index contributed by atoms with van der Waals surface area (Å²) in [6, 6.07) is -1.82. The van der Waals surface area contributed by atoms with Gasteiger partial charge in [-0.05, 0) is 71.9 Å². The van der Waals surface area contributed by atoms with Gasteiger partial charge in [-0.2, -0.15) is 0 Å². The van der Waals surface area contributed by atoms with E-state index in [-0.39, 0.29) is 53.7 Å². The molecule has 0 aliphatic carbocycles. The maximum Gasteiger partial charge on any atom is 0.329 e. The zero-order chi connectivity index (χ0) is 28.7. The number of carbonyl (C=O) groups is 4. The third-order valence-corrected chi connectivity index (χ3v) is 7.68. The summed E-state index contributed by atoms with van der Waals surface area (Å²) in [5.74, 6) is -0.940. The van der Waals surface area contributed by atoms with Crippen LogP contribution in [-0.2, 0) is 23.9 Å². The first kappa shape index (κ1) is 31.8. The van der Waals surface area contributed by atoms with Crippen LogP contribution in [0.1, 0.15) is 80.6 Å². The summed E-state index contributed by atoms with van der Waals surface area (Å²) in [6.45, 7) is 14.6. The standard InChI is InChI=1S/C29H50N4O5/c1-18(2)24(17-21(7)27(35)33-16-12-14-23(33)29(37)38-20(5)6)32(9)28(36)25(19(3)4)30-26(34)22-13-10-11-15-31(22)8/h17-20,22-25H,10-16H2,1-9H3,(H,30,34)/b21-17+/t22?,23?,24-,25?/m1/s1. The summed E-state index contributed by atoms with van der Waals surface area (Å²) >= 11 is 0. The van der Waals surface area contributed by atoms with Crippen molar-refractivity contribution in [3.8, 4) is 0 Å². The van der Waals surface area contributed by atoms with Crippen molar-refractivity contribution in [2.45, 2.75) is 111 Å². The number of piperidine rings is 1. The first-order valence-corrected chi connectivity index (χ1v) is 14.2. The van der Waals surface area contributed by atoms with Gasteiger partial charge in [-0.25, -0.2) is 4.79 Å². The highest BCUT2D eigenvalue weighted by Crippen LogP contribution is 2.23. The molecule has 216 valence electrons. The molecular weight excluding hydrogens is 484 g/mol. The van der Waals surface area contributed by atoms with E-state index in [4.69, 9.17) is 4.74 Å². The van der Waals surface area contributed by atoms with Crippen LogP contribution in [0.3, 0.4) is 0 Å². The number of nitrogens with zero attached hydrogens (tertiary/aromatic N) is 3. The lowest BCUT2D eigenvalue weighted by Crippen LogP contribution is -2.57. The van der Waals surface area contributed by atoms with E-state index < -0.39 is 12.1 Å². The number of nitrogens with one attached hydrogen (secondary N) is 1. The van der Waals surface area contributed by atoms with Crippen LogP contribution in [0.2, 0.25) is 0 Å². The predicted molar refractivity (Wildman–Crippen MR) is 148 cm³/mol. The molecule has 9 nitrogen and oxygen atoms in total. The fourth-order valence-corrected chi connectivity index (χ4v) is 5.41. The second-order valence-electron chi connectivity index (χ2n) is 11.9. The van der Waals surface area contributed by atoms with Gasteiger partial charge in [0, 0.05) is 19.2 Å². The monoisotopic (exact) mass is 534 g/mol. The van der Waals surface area contributed by atoms with E-state index in [1.807, 2.05) is 40.8 Å². The Bertz CT molecular complexity index is 884. The lowest BCUT2D eigenvalue weighted by atomic mass is 9.96. The Morgan fingerprint density at radius 3 is 2.11 bits per heavy atom. The molecule has 3 amide bonds. The van der Waals surface area contributed by atoms with Gasteiger partial charge in [-0.1, -0.05) is 40.2 Å². The predicted octanol–water partition coefficient (Wildman–Crippen LogP) is 2.98. The van der Waals surface area contributed by atoms with E-state index in [2.05, 4.69) is 10.2 Å². The number of likely N-dealkylation sites (tertiary alicyclic amines) is 2. The number of hydrogen-bond donors (Lipinski definition) is 1. The Morgan fingerprint density at radius 2 is 1.55 bits per heavy atom. The molecule has 2 aliphatic heterocycles. The number of amides is 3. The fraction of sp³-hybridized carbons (Fsp3) is 0.793. The molecule has 9 heteroatoms. The van der Waals surface area contributed by atoms with Gasteiger partial charge in [0.25, 0.3) is 0 Å². The van der Waals surface area contributed by atoms with Gasteiger partial charge < -0.3 is 19.9 Å². The molecule has 0 aromatic carbocycles. The Morgan fingerprint density at radius 1 is 0.921 bits per heavy atom. The minimum absolute atomic E-state index is 0.0278. The number of esters is 1. The molecule has 2 aliphatic rings. The fourth-order valence-electron chi connectivity index (χ4n) is 5.41. The van der Waals surface area contributed by atoms with E-state index in [1.54, 1.807) is 37.6 Å². The SMILES string of the molecule is C/C(=C\[C@H](C(C)C)N(C)C(=O)C(NC(=O)C1CCCCN1C)C(C)C)C(=O)N1CCCC1C(=O)OC(C)C. The molecular formula is C29H50N4O5. The molecule has 4 atom stereocenters. The van der Waals surface area contributed by atoms with E-state index >= 15 is 0 Å². The van der Waals surface area contributed by atoms with Gasteiger partial charge in [0.1, 0.15) is 12.1 Å². The summed E-state index contributed by atoms with van der Waals surface area (Å²) in [5, 5.41) is 3.03. The number of rotatable bonds is 10. The molecule has 2 heterocycles. The molecule has 0 bridgehead atoms. The van der Waals surface area contributed by atoms with Crippen LogP contribution in [0.4, 0.5) is 0 Å². The molecule has 0 aromatic rings. The van der Waals surface area contributed by atoms with Crippen molar-refractivity contribution in [3.05, 3.63) is 11.6 Å². The van der Waals surface area contributed by atoms with Gasteiger partial charge in [0.05, 0.1) is 18.2 Å². The summed E-state index contributed by atoms with van der Waals surface area (Å²) in [5.41, 5.74) is 0.488. The first-order chi connectivity index (χ1) is 17.8. The van der Waals surface area contributed by atoms with Crippen molar-refractivity contribution in [3.63, 3.8) is 0 Å². The van der Waals surface area contributed by atoms with Crippen LogP contribution < -0.4 is 5.32 Å². The lowest BCUT2D eigenvalue weighted by Gasteiger charge is -2.36. The van der Waals surface area contributed by atoms with Crippen molar-refractivity contribution in [1.29, 1.82) is 0 Å². The average Bonchev–Trinajstić information content (AvgIpc) is 3.34.